The lowest BCUT2D eigenvalue weighted by Gasteiger charge is -2.03. The molecule has 71 valence electrons. The zero-order valence-corrected chi connectivity index (χ0v) is 8.84. The van der Waals surface area contributed by atoms with E-state index in [0.29, 0.717) is 5.02 Å². The number of rotatable bonds is 1. The van der Waals surface area contributed by atoms with Crippen LogP contribution in [0.5, 0.6) is 0 Å². The Hall–Kier alpha value is -1.28. The number of hydrogen-bond acceptors (Lipinski definition) is 1. The van der Waals surface area contributed by atoms with Gasteiger partial charge in [0.15, 0.2) is 0 Å². The Labute approximate surface area is 88.1 Å². The predicted octanol–water partition coefficient (Wildman–Crippen LogP) is 2.94. The second-order valence-corrected chi connectivity index (χ2v) is 3.67. The van der Waals surface area contributed by atoms with Crippen LogP contribution in [-0.4, -0.2) is 9.78 Å². The van der Waals surface area contributed by atoms with Crippen LogP contribution in [0, 0.1) is 19.9 Å². The first-order chi connectivity index (χ1) is 6.66. The molecule has 0 fully saturated rings. The van der Waals surface area contributed by atoms with Gasteiger partial charge in [0, 0.05) is 16.8 Å². The summed E-state index contributed by atoms with van der Waals surface area (Å²) in [5, 5.41) is 5.05. The minimum atomic E-state index is 0.700. The molecular weight excluding hydrogens is 196 g/mol. The number of aryl methyl sites for hydroxylation is 2. The van der Waals surface area contributed by atoms with Crippen LogP contribution in [-0.2, 0) is 0 Å². The molecule has 1 aromatic heterocycles. The second-order valence-electron chi connectivity index (χ2n) is 3.23. The summed E-state index contributed by atoms with van der Waals surface area (Å²) in [5.41, 5.74) is 2.96. The van der Waals surface area contributed by atoms with Crippen molar-refractivity contribution in [2.75, 3.05) is 0 Å². The Morgan fingerprint density at radius 1 is 1.36 bits per heavy atom. The van der Waals surface area contributed by atoms with E-state index in [4.69, 9.17) is 11.6 Å². The van der Waals surface area contributed by atoms with E-state index >= 15 is 0 Å². The van der Waals surface area contributed by atoms with E-state index < -0.39 is 0 Å². The van der Waals surface area contributed by atoms with Crippen molar-refractivity contribution in [3.63, 3.8) is 0 Å². The summed E-state index contributed by atoms with van der Waals surface area (Å²) in [4.78, 5) is 0. The second kappa shape index (κ2) is 3.46. The molecule has 0 saturated heterocycles. The first-order valence-electron chi connectivity index (χ1n) is 4.38. The highest BCUT2D eigenvalue weighted by Gasteiger charge is 2.03. The van der Waals surface area contributed by atoms with Crippen molar-refractivity contribution in [2.45, 2.75) is 13.8 Å². The third kappa shape index (κ3) is 1.66. The molecule has 0 atom stereocenters. The molecule has 0 N–H and O–H groups in total. The predicted molar refractivity (Wildman–Crippen MR) is 56.9 cm³/mol. The van der Waals surface area contributed by atoms with E-state index in [-0.39, 0.29) is 0 Å². The fraction of sp³-hybridized carbons (Fsp3) is 0.182. The lowest BCUT2D eigenvalue weighted by atomic mass is 10.3. The van der Waals surface area contributed by atoms with Gasteiger partial charge >= 0.3 is 0 Å². The molecule has 14 heavy (non-hydrogen) atoms. The average Bonchev–Trinajstić information content (AvgIpc) is 2.45. The maximum atomic E-state index is 5.89. The number of halogens is 1. The Kier molecular flexibility index (Phi) is 2.30. The van der Waals surface area contributed by atoms with Gasteiger partial charge in [0.25, 0.3) is 0 Å². The molecule has 0 aliphatic heterocycles. The summed E-state index contributed by atoms with van der Waals surface area (Å²) in [6.07, 6.45) is 0. The summed E-state index contributed by atoms with van der Waals surface area (Å²) in [7, 11) is 0. The van der Waals surface area contributed by atoms with Gasteiger partial charge in [0.1, 0.15) is 0 Å². The van der Waals surface area contributed by atoms with Crippen molar-refractivity contribution in [3.05, 3.63) is 46.7 Å². The van der Waals surface area contributed by atoms with Crippen LogP contribution in [0.25, 0.3) is 5.69 Å². The van der Waals surface area contributed by atoms with Crippen molar-refractivity contribution in [1.29, 1.82) is 0 Å². The van der Waals surface area contributed by atoms with Crippen molar-refractivity contribution in [1.82, 2.24) is 9.78 Å². The molecule has 0 saturated carbocycles. The molecule has 0 amide bonds. The number of benzene rings is 1. The van der Waals surface area contributed by atoms with Gasteiger partial charge < -0.3 is 0 Å². The van der Waals surface area contributed by atoms with E-state index in [1.807, 2.05) is 30.7 Å². The first kappa shape index (κ1) is 9.28. The van der Waals surface area contributed by atoms with E-state index in [1.165, 1.54) is 0 Å². The smallest absolute Gasteiger partial charge is 0.0742 e. The molecule has 0 aliphatic carbocycles. The molecule has 2 rings (SSSR count). The molecule has 1 aromatic carbocycles. The highest BCUT2D eigenvalue weighted by atomic mass is 35.5. The zero-order chi connectivity index (χ0) is 10.1. The van der Waals surface area contributed by atoms with Crippen LogP contribution in [0.15, 0.2) is 24.3 Å². The van der Waals surface area contributed by atoms with Crippen molar-refractivity contribution in [3.8, 4) is 5.69 Å². The van der Waals surface area contributed by atoms with Gasteiger partial charge in [-0.15, -0.1) is 0 Å². The van der Waals surface area contributed by atoms with E-state index in [2.05, 4.69) is 11.2 Å². The first-order valence-corrected chi connectivity index (χ1v) is 4.75. The number of nitrogens with zero attached hydrogens (tertiary/aromatic N) is 2. The number of aromatic nitrogens is 2. The maximum absolute atomic E-state index is 5.89. The SMILES string of the molecule is Cc1cc(C)n(-c2[c]ccc(Cl)c2)n1. The highest BCUT2D eigenvalue weighted by molar-refractivity contribution is 6.30. The Balaban J connectivity index is 2.54. The van der Waals surface area contributed by atoms with Crippen LogP contribution in [0.4, 0.5) is 0 Å². The third-order valence-electron chi connectivity index (χ3n) is 1.99. The fourth-order valence-corrected chi connectivity index (χ4v) is 1.59. The molecule has 0 bridgehead atoms. The topological polar surface area (TPSA) is 17.8 Å². The Bertz CT molecular complexity index is 460. The Morgan fingerprint density at radius 2 is 2.14 bits per heavy atom. The molecule has 0 unspecified atom stereocenters. The average molecular weight is 206 g/mol. The van der Waals surface area contributed by atoms with E-state index in [9.17, 15) is 0 Å². The normalized spacial score (nSPS) is 10.5. The van der Waals surface area contributed by atoms with Gasteiger partial charge in [-0.1, -0.05) is 17.7 Å². The standard InChI is InChI=1S/C11H10ClN2/c1-8-6-9(2)14(13-8)11-5-3-4-10(12)7-11/h3-4,6-7H,1-2H3. The summed E-state index contributed by atoms with van der Waals surface area (Å²) in [6.45, 7) is 3.97. The zero-order valence-electron chi connectivity index (χ0n) is 8.08. The largest absolute Gasteiger partial charge is 0.237 e. The van der Waals surface area contributed by atoms with Gasteiger partial charge in [-0.2, -0.15) is 5.10 Å². The van der Waals surface area contributed by atoms with Crippen LogP contribution in [0.1, 0.15) is 11.4 Å². The summed E-state index contributed by atoms with van der Waals surface area (Å²) >= 11 is 5.89. The molecular formula is C11H10ClN2. The van der Waals surface area contributed by atoms with Gasteiger partial charge in [-0.3, -0.25) is 0 Å². The van der Waals surface area contributed by atoms with Crippen molar-refractivity contribution >= 4 is 11.6 Å². The molecule has 1 heterocycles. The van der Waals surface area contributed by atoms with Crippen LogP contribution >= 0.6 is 11.6 Å². The van der Waals surface area contributed by atoms with Gasteiger partial charge in [-0.25, -0.2) is 4.68 Å². The monoisotopic (exact) mass is 205 g/mol. The van der Waals surface area contributed by atoms with E-state index in [1.54, 1.807) is 12.1 Å². The van der Waals surface area contributed by atoms with Crippen molar-refractivity contribution in [2.24, 2.45) is 0 Å². The highest BCUT2D eigenvalue weighted by Crippen LogP contribution is 2.15. The molecule has 3 heteroatoms. The quantitative estimate of drug-likeness (QED) is 0.700. The molecule has 2 aromatic rings. The molecule has 2 nitrogen and oxygen atoms in total. The lowest BCUT2D eigenvalue weighted by molar-refractivity contribution is 0.832. The summed E-state index contributed by atoms with van der Waals surface area (Å²) in [5.74, 6) is 0. The fourth-order valence-electron chi connectivity index (χ4n) is 1.42. The van der Waals surface area contributed by atoms with Gasteiger partial charge in [0.2, 0.25) is 0 Å². The third-order valence-corrected chi connectivity index (χ3v) is 2.22. The molecule has 0 aliphatic rings. The molecule has 1 radical (unpaired) electrons. The van der Waals surface area contributed by atoms with Crippen molar-refractivity contribution < 1.29 is 0 Å². The molecule has 0 spiro atoms. The summed E-state index contributed by atoms with van der Waals surface area (Å²) < 4.78 is 1.83. The lowest BCUT2D eigenvalue weighted by Crippen LogP contribution is -1.98. The van der Waals surface area contributed by atoms with Gasteiger partial charge in [0.05, 0.1) is 11.4 Å². The minimum Gasteiger partial charge on any atom is -0.237 e. The summed E-state index contributed by atoms with van der Waals surface area (Å²) in [6, 6.07) is 10.6. The minimum absolute atomic E-state index is 0.700. The number of hydrogen-bond donors (Lipinski definition) is 0. The Morgan fingerprint density at radius 3 is 2.71 bits per heavy atom. The van der Waals surface area contributed by atoms with Crippen LogP contribution in [0.2, 0.25) is 5.02 Å². The van der Waals surface area contributed by atoms with Crippen LogP contribution < -0.4 is 0 Å². The van der Waals surface area contributed by atoms with Gasteiger partial charge in [-0.05, 0) is 32.0 Å². The van der Waals surface area contributed by atoms with E-state index in [0.717, 1.165) is 17.1 Å². The maximum Gasteiger partial charge on any atom is 0.0742 e. The van der Waals surface area contributed by atoms with Crippen LogP contribution in [0.3, 0.4) is 0 Å².